The van der Waals surface area contributed by atoms with E-state index in [9.17, 15) is 0 Å². The number of piperidine rings is 1. The molecule has 0 amide bonds. The Bertz CT molecular complexity index is 377. The van der Waals surface area contributed by atoms with Gasteiger partial charge in [-0.25, -0.2) is 4.98 Å². The van der Waals surface area contributed by atoms with Crippen LogP contribution in [0.2, 0.25) is 0 Å². The highest BCUT2D eigenvalue weighted by atomic mass is 16.5. The van der Waals surface area contributed by atoms with Crippen LogP contribution in [0.3, 0.4) is 0 Å². The molecule has 1 aliphatic rings. The van der Waals surface area contributed by atoms with Gasteiger partial charge in [0.05, 0.1) is 6.61 Å². The monoisotopic (exact) mass is 263 g/mol. The molecule has 1 aromatic heterocycles. The average Bonchev–Trinajstić information content (AvgIpc) is 2.47. The van der Waals surface area contributed by atoms with Crippen LogP contribution in [0.1, 0.15) is 33.1 Å². The number of ether oxygens (including phenoxy) is 1. The van der Waals surface area contributed by atoms with Gasteiger partial charge in [0.1, 0.15) is 0 Å². The number of nitrogens with one attached hydrogen (secondary N) is 2. The van der Waals surface area contributed by atoms with E-state index in [1.54, 1.807) is 0 Å². The molecule has 19 heavy (non-hydrogen) atoms. The third-order valence-corrected chi connectivity index (χ3v) is 3.64. The number of rotatable bonds is 6. The summed E-state index contributed by atoms with van der Waals surface area (Å²) in [6.07, 6.45) is 5.36. The molecule has 2 unspecified atom stereocenters. The Labute approximate surface area is 116 Å². The Kier molecular flexibility index (Phi) is 5.45. The van der Waals surface area contributed by atoms with Crippen LogP contribution < -0.4 is 15.4 Å². The number of anilines is 1. The zero-order chi connectivity index (χ0) is 13.5. The minimum atomic E-state index is 0.409. The van der Waals surface area contributed by atoms with E-state index in [1.807, 2.05) is 18.3 Å². The van der Waals surface area contributed by atoms with Gasteiger partial charge in [-0.15, -0.1) is 0 Å². The maximum atomic E-state index is 5.73. The molecule has 4 heteroatoms. The van der Waals surface area contributed by atoms with E-state index in [4.69, 9.17) is 4.74 Å². The average molecular weight is 263 g/mol. The van der Waals surface area contributed by atoms with Crippen molar-refractivity contribution < 1.29 is 4.74 Å². The fourth-order valence-corrected chi connectivity index (χ4v) is 2.47. The lowest BCUT2D eigenvalue weighted by Gasteiger charge is -2.29. The number of nitrogens with zero attached hydrogens (tertiary/aromatic N) is 1. The van der Waals surface area contributed by atoms with Crippen LogP contribution in [-0.2, 0) is 0 Å². The van der Waals surface area contributed by atoms with E-state index < -0.39 is 0 Å². The van der Waals surface area contributed by atoms with Crippen molar-refractivity contribution in [1.29, 1.82) is 0 Å². The Morgan fingerprint density at radius 3 is 3.21 bits per heavy atom. The van der Waals surface area contributed by atoms with Crippen LogP contribution in [0.5, 0.6) is 5.75 Å². The molecule has 0 aromatic carbocycles. The summed E-state index contributed by atoms with van der Waals surface area (Å²) in [6, 6.07) is 4.31. The minimum Gasteiger partial charge on any atom is -0.490 e. The lowest BCUT2D eigenvalue weighted by molar-refractivity contribution is 0.315. The summed E-state index contributed by atoms with van der Waals surface area (Å²) < 4.78 is 5.73. The van der Waals surface area contributed by atoms with Gasteiger partial charge >= 0.3 is 0 Å². The first-order valence-electron chi connectivity index (χ1n) is 7.36. The van der Waals surface area contributed by atoms with E-state index in [0.717, 1.165) is 37.7 Å². The van der Waals surface area contributed by atoms with Gasteiger partial charge in [0, 0.05) is 12.2 Å². The van der Waals surface area contributed by atoms with E-state index >= 15 is 0 Å². The van der Waals surface area contributed by atoms with Crippen molar-refractivity contribution in [3.05, 3.63) is 18.3 Å². The number of hydrogen-bond donors (Lipinski definition) is 2. The third kappa shape index (κ3) is 4.10. The quantitative estimate of drug-likeness (QED) is 0.828. The van der Waals surface area contributed by atoms with E-state index in [2.05, 4.69) is 29.5 Å². The molecule has 0 saturated carbocycles. The molecule has 1 aliphatic heterocycles. The molecule has 2 rings (SSSR count). The summed E-state index contributed by atoms with van der Waals surface area (Å²) in [5.41, 5.74) is 0. The highest BCUT2D eigenvalue weighted by Crippen LogP contribution is 2.24. The topological polar surface area (TPSA) is 46.2 Å². The van der Waals surface area contributed by atoms with Gasteiger partial charge in [0.15, 0.2) is 11.6 Å². The number of pyridine rings is 1. The lowest BCUT2D eigenvalue weighted by atomic mass is 9.93. The highest BCUT2D eigenvalue weighted by Gasteiger charge is 2.20. The van der Waals surface area contributed by atoms with Crippen molar-refractivity contribution >= 4 is 5.82 Å². The third-order valence-electron chi connectivity index (χ3n) is 3.64. The zero-order valence-electron chi connectivity index (χ0n) is 12.0. The Hall–Kier alpha value is -1.29. The summed E-state index contributed by atoms with van der Waals surface area (Å²) in [5, 5.41) is 6.97. The van der Waals surface area contributed by atoms with Crippen LogP contribution >= 0.6 is 0 Å². The second kappa shape index (κ2) is 7.34. The fourth-order valence-electron chi connectivity index (χ4n) is 2.47. The van der Waals surface area contributed by atoms with E-state index in [-0.39, 0.29) is 0 Å². The molecule has 0 aliphatic carbocycles. The maximum Gasteiger partial charge on any atom is 0.168 e. The lowest BCUT2D eigenvalue weighted by Crippen LogP contribution is -2.39. The normalized spacial score (nSPS) is 20.8. The molecular formula is C15H25N3O. The second-order valence-corrected chi connectivity index (χ2v) is 5.24. The molecule has 0 radical (unpaired) electrons. The van der Waals surface area contributed by atoms with Crippen molar-refractivity contribution in [3.8, 4) is 5.75 Å². The van der Waals surface area contributed by atoms with Crippen LogP contribution in [-0.4, -0.2) is 30.7 Å². The highest BCUT2D eigenvalue weighted by molar-refractivity contribution is 5.50. The minimum absolute atomic E-state index is 0.409. The summed E-state index contributed by atoms with van der Waals surface area (Å²) >= 11 is 0. The first-order valence-corrected chi connectivity index (χ1v) is 7.36. The van der Waals surface area contributed by atoms with Crippen LogP contribution in [0.4, 0.5) is 5.82 Å². The molecule has 4 nitrogen and oxygen atoms in total. The summed E-state index contributed by atoms with van der Waals surface area (Å²) in [5.74, 6) is 2.39. The summed E-state index contributed by atoms with van der Waals surface area (Å²) in [4.78, 5) is 4.41. The number of hydrogen-bond acceptors (Lipinski definition) is 4. The molecule has 1 saturated heterocycles. The fraction of sp³-hybridized carbons (Fsp3) is 0.667. The molecule has 0 bridgehead atoms. The molecular weight excluding hydrogens is 238 g/mol. The van der Waals surface area contributed by atoms with Gasteiger partial charge in [0.2, 0.25) is 0 Å². The van der Waals surface area contributed by atoms with Gasteiger partial charge in [0.25, 0.3) is 0 Å². The first-order chi connectivity index (χ1) is 9.31. The van der Waals surface area contributed by atoms with Crippen LogP contribution in [0.25, 0.3) is 0 Å². The van der Waals surface area contributed by atoms with Gasteiger partial charge in [-0.3, -0.25) is 0 Å². The van der Waals surface area contributed by atoms with Crippen molar-refractivity contribution in [2.75, 3.05) is 25.0 Å². The van der Waals surface area contributed by atoms with E-state index in [1.165, 1.54) is 12.8 Å². The van der Waals surface area contributed by atoms with Crippen molar-refractivity contribution in [1.82, 2.24) is 10.3 Å². The maximum absolute atomic E-state index is 5.73. The first kappa shape index (κ1) is 14.1. The van der Waals surface area contributed by atoms with Gasteiger partial charge in [-0.05, 0) is 57.3 Å². The second-order valence-electron chi connectivity index (χ2n) is 5.24. The molecule has 2 atom stereocenters. The zero-order valence-corrected chi connectivity index (χ0v) is 12.0. The van der Waals surface area contributed by atoms with Gasteiger partial charge in [-0.1, -0.05) is 6.92 Å². The number of aromatic nitrogens is 1. The van der Waals surface area contributed by atoms with Crippen LogP contribution in [0.15, 0.2) is 18.3 Å². The standard InChI is InChI=1S/C15H25N3O/c1-3-10-19-14-7-5-9-17-15(14)18-12(2)13-6-4-8-16-11-13/h5,7,9,12-13,16H,3-4,6,8,10-11H2,1-2H3,(H,17,18). The largest absolute Gasteiger partial charge is 0.490 e. The molecule has 2 N–H and O–H groups in total. The molecule has 1 aromatic rings. The summed E-state index contributed by atoms with van der Waals surface area (Å²) in [7, 11) is 0. The predicted molar refractivity (Wildman–Crippen MR) is 78.7 cm³/mol. The molecule has 2 heterocycles. The molecule has 106 valence electrons. The molecule has 0 spiro atoms. The smallest absolute Gasteiger partial charge is 0.168 e. The Balaban J connectivity index is 1.96. The van der Waals surface area contributed by atoms with Gasteiger partial charge < -0.3 is 15.4 Å². The SMILES string of the molecule is CCCOc1cccnc1NC(C)C1CCCNC1. The van der Waals surface area contributed by atoms with Gasteiger partial charge in [-0.2, -0.15) is 0 Å². The summed E-state index contributed by atoms with van der Waals surface area (Å²) in [6.45, 7) is 7.32. The van der Waals surface area contributed by atoms with Crippen molar-refractivity contribution in [2.45, 2.75) is 39.2 Å². The van der Waals surface area contributed by atoms with Crippen molar-refractivity contribution in [2.24, 2.45) is 5.92 Å². The predicted octanol–water partition coefficient (Wildman–Crippen LogP) is 2.67. The van der Waals surface area contributed by atoms with Crippen molar-refractivity contribution in [3.63, 3.8) is 0 Å². The van der Waals surface area contributed by atoms with Crippen LogP contribution in [0, 0.1) is 5.92 Å². The Morgan fingerprint density at radius 1 is 1.58 bits per heavy atom. The Morgan fingerprint density at radius 2 is 2.47 bits per heavy atom. The molecule has 1 fully saturated rings. The van der Waals surface area contributed by atoms with E-state index in [0.29, 0.717) is 12.0 Å².